The van der Waals surface area contributed by atoms with Gasteiger partial charge in [-0.25, -0.2) is 22.3 Å². The van der Waals surface area contributed by atoms with E-state index in [0.29, 0.717) is 0 Å². The average Bonchev–Trinajstić information content (AvgIpc) is 2.29. The Hall–Kier alpha value is -1.44. The Morgan fingerprint density at radius 1 is 1.53 bits per heavy atom. The van der Waals surface area contributed by atoms with Crippen molar-refractivity contribution in [2.45, 2.75) is 11.8 Å². The second kappa shape index (κ2) is 5.68. The topological polar surface area (TPSA) is 83.5 Å². The van der Waals surface area contributed by atoms with Crippen molar-refractivity contribution in [3.05, 3.63) is 40.7 Å². The second-order valence-electron chi connectivity index (χ2n) is 3.73. The zero-order chi connectivity index (χ0) is 14.8. The predicted molar refractivity (Wildman–Crippen MR) is 68.3 cm³/mol. The molecule has 0 bridgehead atoms. The fourth-order valence-electron chi connectivity index (χ4n) is 1.31. The Kier molecular flexibility index (Phi) is 4.67. The van der Waals surface area contributed by atoms with E-state index in [1.165, 1.54) is 6.92 Å². The third-order valence-electron chi connectivity index (χ3n) is 2.29. The molecule has 104 valence electrons. The van der Waals surface area contributed by atoms with Crippen LogP contribution in [-0.2, 0) is 10.0 Å². The quantitative estimate of drug-likeness (QED) is 0.869. The Morgan fingerprint density at radius 2 is 2.11 bits per heavy atom. The molecule has 2 N–H and O–H groups in total. The molecule has 0 fully saturated rings. The van der Waals surface area contributed by atoms with Crippen LogP contribution >= 0.6 is 11.6 Å². The van der Waals surface area contributed by atoms with Crippen LogP contribution in [0.15, 0.2) is 28.6 Å². The standard InChI is InChI=1S/C11H11ClFNO4S/c1-6(12)5-14-19(17,18)10-4-8(11(15)16)3-9(13)7(10)2/h3-4,14H,1,5H2,2H3,(H,15,16). The second-order valence-corrected chi connectivity index (χ2v) is 6.00. The molecule has 1 aromatic rings. The van der Waals surface area contributed by atoms with Crippen molar-refractivity contribution in [2.24, 2.45) is 0 Å². The largest absolute Gasteiger partial charge is 0.478 e. The van der Waals surface area contributed by atoms with Crippen LogP contribution < -0.4 is 4.72 Å². The fraction of sp³-hybridized carbons (Fsp3) is 0.182. The van der Waals surface area contributed by atoms with E-state index in [0.717, 1.165) is 12.1 Å². The lowest BCUT2D eigenvalue weighted by Gasteiger charge is -2.10. The highest BCUT2D eigenvalue weighted by molar-refractivity contribution is 7.89. The molecule has 0 aromatic heterocycles. The Labute approximate surface area is 114 Å². The van der Waals surface area contributed by atoms with Gasteiger partial charge in [0, 0.05) is 17.1 Å². The van der Waals surface area contributed by atoms with Crippen LogP contribution in [0.2, 0.25) is 0 Å². The van der Waals surface area contributed by atoms with Crippen LogP contribution in [0.4, 0.5) is 4.39 Å². The normalized spacial score (nSPS) is 11.3. The third-order valence-corrected chi connectivity index (χ3v) is 3.95. The van der Waals surface area contributed by atoms with E-state index >= 15 is 0 Å². The number of hydrogen-bond donors (Lipinski definition) is 2. The van der Waals surface area contributed by atoms with Gasteiger partial charge < -0.3 is 5.11 Å². The molecule has 1 rings (SSSR count). The minimum absolute atomic E-state index is 0.0519. The Balaban J connectivity index is 3.33. The van der Waals surface area contributed by atoms with Crippen molar-refractivity contribution in [1.82, 2.24) is 4.72 Å². The number of carboxylic acid groups (broad SMARTS) is 1. The van der Waals surface area contributed by atoms with Gasteiger partial charge in [-0.1, -0.05) is 18.2 Å². The molecule has 5 nitrogen and oxygen atoms in total. The molecule has 0 unspecified atom stereocenters. The minimum Gasteiger partial charge on any atom is -0.478 e. The van der Waals surface area contributed by atoms with Crippen molar-refractivity contribution >= 4 is 27.6 Å². The number of aromatic carboxylic acids is 1. The maximum atomic E-state index is 13.5. The summed E-state index contributed by atoms with van der Waals surface area (Å²) < 4.78 is 39.4. The van der Waals surface area contributed by atoms with Gasteiger partial charge in [0.05, 0.1) is 10.5 Å². The highest BCUT2D eigenvalue weighted by Crippen LogP contribution is 2.20. The molecule has 0 saturated carbocycles. The smallest absolute Gasteiger partial charge is 0.335 e. The van der Waals surface area contributed by atoms with Gasteiger partial charge in [-0.05, 0) is 19.1 Å². The SMILES string of the molecule is C=C(Cl)CNS(=O)(=O)c1cc(C(=O)O)cc(F)c1C. The van der Waals surface area contributed by atoms with E-state index in [9.17, 15) is 17.6 Å². The number of benzene rings is 1. The minimum atomic E-state index is -4.06. The van der Waals surface area contributed by atoms with Gasteiger partial charge in [0.15, 0.2) is 0 Å². The first-order chi connectivity index (χ1) is 8.65. The molecule has 0 amide bonds. The Morgan fingerprint density at radius 3 is 2.58 bits per heavy atom. The predicted octanol–water partition coefficient (Wildman–Crippen LogP) is 1.86. The summed E-state index contributed by atoms with van der Waals surface area (Å²) >= 11 is 5.43. The zero-order valence-corrected chi connectivity index (χ0v) is 11.5. The molecule has 0 spiro atoms. The summed E-state index contributed by atoms with van der Waals surface area (Å²) in [5.74, 6) is -2.33. The van der Waals surface area contributed by atoms with Crippen LogP contribution in [0.3, 0.4) is 0 Å². The van der Waals surface area contributed by atoms with Crippen LogP contribution in [0.5, 0.6) is 0 Å². The van der Waals surface area contributed by atoms with Gasteiger partial charge in [-0.15, -0.1) is 0 Å². The van der Waals surface area contributed by atoms with Gasteiger partial charge in [-0.2, -0.15) is 0 Å². The highest BCUT2D eigenvalue weighted by atomic mass is 35.5. The van der Waals surface area contributed by atoms with Gasteiger partial charge in [0.25, 0.3) is 0 Å². The molecule has 0 radical (unpaired) electrons. The molecule has 19 heavy (non-hydrogen) atoms. The van der Waals surface area contributed by atoms with Crippen molar-refractivity contribution in [3.63, 3.8) is 0 Å². The first-order valence-corrected chi connectivity index (χ1v) is 6.87. The number of carbonyl (C=O) groups is 1. The lowest BCUT2D eigenvalue weighted by molar-refractivity contribution is 0.0696. The number of sulfonamides is 1. The number of rotatable bonds is 5. The van der Waals surface area contributed by atoms with Crippen molar-refractivity contribution in [3.8, 4) is 0 Å². The third kappa shape index (κ3) is 3.76. The zero-order valence-electron chi connectivity index (χ0n) is 9.91. The highest BCUT2D eigenvalue weighted by Gasteiger charge is 2.21. The molecule has 0 aliphatic carbocycles. The van der Waals surface area contributed by atoms with E-state index in [2.05, 4.69) is 11.3 Å². The molecule has 0 aliphatic heterocycles. The summed E-state index contributed by atoms with van der Waals surface area (Å²) in [7, 11) is -4.06. The first kappa shape index (κ1) is 15.6. The van der Waals surface area contributed by atoms with E-state index in [4.69, 9.17) is 16.7 Å². The van der Waals surface area contributed by atoms with Crippen LogP contribution in [0.25, 0.3) is 0 Å². The summed E-state index contributed by atoms with van der Waals surface area (Å²) in [5, 5.41) is 8.84. The molecular formula is C11H11ClFNO4S. The van der Waals surface area contributed by atoms with E-state index in [1.807, 2.05) is 0 Å². The van der Waals surface area contributed by atoms with Gasteiger partial charge in [-0.3, -0.25) is 0 Å². The molecule has 0 heterocycles. The van der Waals surface area contributed by atoms with Gasteiger partial charge in [0.1, 0.15) is 5.82 Å². The lowest BCUT2D eigenvalue weighted by Crippen LogP contribution is -2.26. The summed E-state index contributed by atoms with van der Waals surface area (Å²) in [6.45, 7) is 4.32. The summed E-state index contributed by atoms with van der Waals surface area (Å²) in [6, 6.07) is 1.65. The number of carboxylic acids is 1. The lowest BCUT2D eigenvalue weighted by atomic mass is 10.1. The van der Waals surface area contributed by atoms with Crippen molar-refractivity contribution in [2.75, 3.05) is 6.54 Å². The van der Waals surface area contributed by atoms with E-state index in [1.54, 1.807) is 0 Å². The molecule has 8 heteroatoms. The molecule has 0 aliphatic rings. The monoisotopic (exact) mass is 307 g/mol. The average molecular weight is 308 g/mol. The van der Waals surface area contributed by atoms with Crippen LogP contribution in [-0.4, -0.2) is 26.0 Å². The summed E-state index contributed by atoms with van der Waals surface area (Å²) in [6.07, 6.45) is 0. The molecule has 1 aromatic carbocycles. The van der Waals surface area contributed by atoms with Crippen molar-refractivity contribution < 1.29 is 22.7 Å². The summed E-state index contributed by atoms with van der Waals surface area (Å²) in [5.41, 5.74) is -0.620. The number of nitrogens with one attached hydrogen (secondary N) is 1. The number of halogens is 2. The first-order valence-electron chi connectivity index (χ1n) is 5.01. The van der Waals surface area contributed by atoms with Crippen LogP contribution in [0.1, 0.15) is 15.9 Å². The van der Waals surface area contributed by atoms with Gasteiger partial charge in [0.2, 0.25) is 10.0 Å². The molecule has 0 atom stereocenters. The summed E-state index contributed by atoms with van der Waals surface area (Å²) in [4.78, 5) is 10.4. The van der Waals surface area contributed by atoms with Gasteiger partial charge >= 0.3 is 5.97 Å². The maximum Gasteiger partial charge on any atom is 0.335 e. The maximum absolute atomic E-state index is 13.5. The van der Waals surface area contributed by atoms with Crippen LogP contribution in [0, 0.1) is 12.7 Å². The van der Waals surface area contributed by atoms with Crippen molar-refractivity contribution in [1.29, 1.82) is 0 Å². The fourth-order valence-corrected chi connectivity index (χ4v) is 2.76. The molecule has 0 saturated heterocycles. The van der Waals surface area contributed by atoms with E-state index in [-0.39, 0.29) is 17.1 Å². The molecular weight excluding hydrogens is 297 g/mol. The Bertz CT molecular complexity index is 642. The van der Waals surface area contributed by atoms with E-state index < -0.39 is 32.3 Å². The number of hydrogen-bond acceptors (Lipinski definition) is 3.